The second-order valence-electron chi connectivity index (χ2n) is 5.69. The number of benzene rings is 2. The quantitative estimate of drug-likeness (QED) is 0.766. The van der Waals surface area contributed by atoms with Crippen molar-refractivity contribution in [2.45, 2.75) is 33.0 Å². The number of rotatable bonds is 6. The van der Waals surface area contributed by atoms with Crippen LogP contribution >= 0.6 is 11.6 Å². The Bertz CT molecular complexity index is 795. The van der Waals surface area contributed by atoms with E-state index in [9.17, 15) is 14.0 Å². The predicted molar refractivity (Wildman–Crippen MR) is 96.9 cm³/mol. The maximum Gasteiger partial charge on any atom is 0.347 e. The maximum atomic E-state index is 12.9. The topological polar surface area (TPSA) is 64.6 Å². The van der Waals surface area contributed by atoms with Crippen LogP contribution < -0.4 is 10.1 Å². The van der Waals surface area contributed by atoms with Crippen molar-refractivity contribution >= 4 is 29.2 Å². The zero-order valence-corrected chi connectivity index (χ0v) is 15.3. The van der Waals surface area contributed by atoms with Gasteiger partial charge in [0.05, 0.1) is 0 Å². The summed E-state index contributed by atoms with van der Waals surface area (Å²) in [5.41, 5.74) is 1.26. The lowest BCUT2D eigenvalue weighted by atomic mass is 10.2. The molecule has 0 unspecified atom stereocenters. The molecule has 2 atom stereocenters. The van der Waals surface area contributed by atoms with Gasteiger partial charge in [-0.1, -0.05) is 17.7 Å². The van der Waals surface area contributed by atoms with E-state index in [1.54, 1.807) is 25.1 Å². The van der Waals surface area contributed by atoms with Gasteiger partial charge in [0.2, 0.25) is 0 Å². The van der Waals surface area contributed by atoms with Crippen LogP contribution in [0.15, 0.2) is 42.5 Å². The molecule has 0 aliphatic rings. The molecule has 2 rings (SSSR count). The first-order valence-corrected chi connectivity index (χ1v) is 8.34. The molecular weight excluding hydrogens is 361 g/mol. The summed E-state index contributed by atoms with van der Waals surface area (Å²) in [6.07, 6.45) is -1.98. The Balaban J connectivity index is 1.91. The largest absolute Gasteiger partial charge is 0.479 e. The zero-order chi connectivity index (χ0) is 19.3. The summed E-state index contributed by atoms with van der Waals surface area (Å²) in [5.74, 6) is -1.28. The number of carbonyl (C=O) groups is 2. The molecule has 2 aromatic rings. The minimum atomic E-state index is -1.03. The number of anilines is 1. The number of carbonyl (C=O) groups excluding carboxylic acids is 2. The minimum Gasteiger partial charge on any atom is -0.479 e. The van der Waals surface area contributed by atoms with Gasteiger partial charge in [-0.3, -0.25) is 4.79 Å². The summed E-state index contributed by atoms with van der Waals surface area (Å²) in [5, 5.41) is 3.19. The fourth-order valence-electron chi connectivity index (χ4n) is 2.07. The summed E-state index contributed by atoms with van der Waals surface area (Å²) in [6, 6.07) is 10.4. The molecule has 1 N–H and O–H groups in total. The van der Waals surface area contributed by atoms with E-state index < -0.39 is 29.9 Å². The fraction of sp³-hybridized carbons (Fsp3) is 0.263. The van der Waals surface area contributed by atoms with Crippen LogP contribution in [-0.2, 0) is 14.3 Å². The second kappa shape index (κ2) is 8.67. The number of esters is 1. The lowest BCUT2D eigenvalue weighted by Gasteiger charge is -2.18. The van der Waals surface area contributed by atoms with Gasteiger partial charge < -0.3 is 14.8 Å². The number of nitrogens with one attached hydrogen (secondary N) is 1. The Labute approximate surface area is 156 Å². The van der Waals surface area contributed by atoms with E-state index in [1.807, 2.05) is 0 Å². The van der Waals surface area contributed by atoms with Crippen LogP contribution in [0.25, 0.3) is 0 Å². The molecule has 138 valence electrons. The predicted octanol–water partition coefficient (Wildman–Crippen LogP) is 4.13. The molecule has 7 heteroatoms. The van der Waals surface area contributed by atoms with Crippen molar-refractivity contribution in [2.24, 2.45) is 0 Å². The highest BCUT2D eigenvalue weighted by atomic mass is 35.5. The molecule has 2 aromatic carbocycles. The highest BCUT2D eigenvalue weighted by Gasteiger charge is 2.23. The lowest BCUT2D eigenvalue weighted by Crippen LogP contribution is -2.35. The summed E-state index contributed by atoms with van der Waals surface area (Å²) in [7, 11) is 0. The van der Waals surface area contributed by atoms with Gasteiger partial charge in [0.15, 0.2) is 12.2 Å². The summed E-state index contributed by atoms with van der Waals surface area (Å²) in [4.78, 5) is 24.3. The van der Waals surface area contributed by atoms with Crippen molar-refractivity contribution < 1.29 is 23.5 Å². The Morgan fingerprint density at radius 2 is 1.73 bits per heavy atom. The molecule has 0 bridgehead atoms. The molecule has 0 aliphatic carbocycles. The molecule has 0 radical (unpaired) electrons. The van der Waals surface area contributed by atoms with Crippen LogP contribution in [-0.4, -0.2) is 24.1 Å². The van der Waals surface area contributed by atoms with Gasteiger partial charge in [-0.15, -0.1) is 0 Å². The van der Waals surface area contributed by atoms with E-state index >= 15 is 0 Å². The average molecular weight is 380 g/mol. The van der Waals surface area contributed by atoms with Crippen LogP contribution in [0.4, 0.5) is 10.1 Å². The summed E-state index contributed by atoms with van der Waals surface area (Å²) >= 11 is 6.01. The van der Waals surface area contributed by atoms with Gasteiger partial charge in [0.25, 0.3) is 5.91 Å². The Morgan fingerprint density at radius 3 is 2.38 bits per heavy atom. The zero-order valence-electron chi connectivity index (χ0n) is 14.6. The molecule has 5 nitrogen and oxygen atoms in total. The maximum absolute atomic E-state index is 12.9. The molecule has 0 heterocycles. The van der Waals surface area contributed by atoms with Crippen LogP contribution in [0.2, 0.25) is 5.02 Å². The van der Waals surface area contributed by atoms with E-state index in [-0.39, 0.29) is 0 Å². The summed E-state index contributed by atoms with van der Waals surface area (Å²) in [6.45, 7) is 4.71. The molecule has 0 aliphatic heterocycles. The highest BCUT2D eigenvalue weighted by molar-refractivity contribution is 6.31. The van der Waals surface area contributed by atoms with Crippen molar-refractivity contribution in [2.75, 3.05) is 5.32 Å². The molecular formula is C19H19ClFNO4. The molecule has 0 saturated carbocycles. The number of amides is 1. The Hall–Kier alpha value is -2.60. The van der Waals surface area contributed by atoms with Gasteiger partial charge in [-0.25, -0.2) is 9.18 Å². The minimum absolute atomic E-state index is 0.322. The van der Waals surface area contributed by atoms with E-state index in [2.05, 4.69) is 5.32 Å². The molecule has 0 saturated heterocycles. The SMILES string of the molecule is Cc1c(Cl)cccc1NC(=O)[C@H](C)OC(=O)[C@@H](C)Oc1ccc(F)cc1. The monoisotopic (exact) mass is 379 g/mol. The first kappa shape index (κ1) is 19.7. The third-order valence-electron chi connectivity index (χ3n) is 3.65. The smallest absolute Gasteiger partial charge is 0.347 e. The lowest BCUT2D eigenvalue weighted by molar-refractivity contribution is -0.159. The summed E-state index contributed by atoms with van der Waals surface area (Å²) < 4.78 is 23.4. The first-order valence-electron chi connectivity index (χ1n) is 7.96. The fourth-order valence-corrected chi connectivity index (χ4v) is 2.24. The van der Waals surface area contributed by atoms with Crippen LogP contribution in [0, 0.1) is 12.7 Å². The first-order chi connectivity index (χ1) is 12.3. The van der Waals surface area contributed by atoms with E-state index in [0.717, 1.165) is 0 Å². The number of hydrogen-bond acceptors (Lipinski definition) is 4. The Kier molecular flexibility index (Phi) is 6.58. The number of halogens is 2. The van der Waals surface area contributed by atoms with Crippen LogP contribution in [0.1, 0.15) is 19.4 Å². The van der Waals surface area contributed by atoms with Crippen LogP contribution in [0.5, 0.6) is 5.75 Å². The normalized spacial score (nSPS) is 12.8. The third-order valence-corrected chi connectivity index (χ3v) is 4.06. The van der Waals surface area contributed by atoms with E-state index in [4.69, 9.17) is 21.1 Å². The average Bonchev–Trinajstić information content (AvgIpc) is 2.60. The molecule has 0 aromatic heterocycles. The Morgan fingerprint density at radius 1 is 1.08 bits per heavy atom. The van der Waals surface area contributed by atoms with Gasteiger partial charge in [0, 0.05) is 10.7 Å². The highest BCUT2D eigenvalue weighted by Crippen LogP contribution is 2.23. The van der Waals surface area contributed by atoms with Crippen molar-refractivity contribution in [3.8, 4) is 5.75 Å². The molecule has 0 spiro atoms. The van der Waals surface area contributed by atoms with Crippen molar-refractivity contribution in [3.05, 3.63) is 58.9 Å². The molecule has 26 heavy (non-hydrogen) atoms. The molecule has 0 fully saturated rings. The van der Waals surface area contributed by atoms with Crippen molar-refractivity contribution in [1.82, 2.24) is 0 Å². The van der Waals surface area contributed by atoms with Crippen molar-refractivity contribution in [1.29, 1.82) is 0 Å². The third kappa shape index (κ3) is 5.20. The number of hydrogen-bond donors (Lipinski definition) is 1. The van der Waals surface area contributed by atoms with Gasteiger partial charge in [-0.05, 0) is 62.7 Å². The second-order valence-corrected chi connectivity index (χ2v) is 6.10. The standard InChI is InChI=1S/C19H19ClFNO4/c1-11-16(20)5-4-6-17(11)22-18(23)12(2)26-19(24)13(3)25-15-9-7-14(21)8-10-15/h4-10,12-13H,1-3H3,(H,22,23)/t12-,13+/m0/s1. The van der Waals surface area contributed by atoms with Crippen molar-refractivity contribution in [3.63, 3.8) is 0 Å². The van der Waals surface area contributed by atoms with E-state index in [1.165, 1.54) is 38.1 Å². The van der Waals surface area contributed by atoms with E-state index in [0.29, 0.717) is 22.0 Å². The van der Waals surface area contributed by atoms with Gasteiger partial charge >= 0.3 is 5.97 Å². The van der Waals surface area contributed by atoms with Gasteiger partial charge in [-0.2, -0.15) is 0 Å². The molecule has 1 amide bonds. The van der Waals surface area contributed by atoms with Gasteiger partial charge in [0.1, 0.15) is 11.6 Å². The van der Waals surface area contributed by atoms with Crippen LogP contribution in [0.3, 0.4) is 0 Å². The number of ether oxygens (including phenoxy) is 2.